The molecule has 2 heterocycles. The third-order valence-electron chi connectivity index (χ3n) is 3.40. The topological polar surface area (TPSA) is 33.8 Å². The van der Waals surface area contributed by atoms with Gasteiger partial charge >= 0.3 is 0 Å². The van der Waals surface area contributed by atoms with Gasteiger partial charge in [-0.25, -0.2) is 0 Å². The van der Waals surface area contributed by atoms with Crippen LogP contribution in [0.5, 0.6) is 0 Å². The summed E-state index contributed by atoms with van der Waals surface area (Å²) in [6.45, 7) is 0.304. The summed E-state index contributed by atoms with van der Waals surface area (Å²) in [5.41, 5.74) is 2.86. The van der Waals surface area contributed by atoms with Crippen molar-refractivity contribution in [3.8, 4) is 11.1 Å². The number of Topliss-reactive ketones (excluding diaryl/α,β-unsaturated/α-hetero) is 1. The van der Waals surface area contributed by atoms with E-state index in [1.54, 1.807) is 36.7 Å². The van der Waals surface area contributed by atoms with Crippen LogP contribution in [-0.4, -0.2) is 10.8 Å². The number of hydrogen-bond acceptors (Lipinski definition) is 2. The van der Waals surface area contributed by atoms with Gasteiger partial charge < -0.3 is 0 Å². The Balaban J connectivity index is 0.00000192. The Hall–Kier alpha value is -2.04. The minimum Gasteiger partial charge on any atom is -0.287 e. The summed E-state index contributed by atoms with van der Waals surface area (Å²) in [5, 5.41) is 0.630. The molecule has 0 aliphatic rings. The molecule has 0 aliphatic heterocycles. The highest BCUT2D eigenvalue weighted by atomic mass is 79.9. The van der Waals surface area contributed by atoms with Gasteiger partial charge in [-0.15, -0.1) is 17.0 Å². The molecule has 116 valence electrons. The second-order valence-corrected chi connectivity index (χ2v) is 5.36. The van der Waals surface area contributed by atoms with Gasteiger partial charge in [-0.05, 0) is 47.5 Å². The summed E-state index contributed by atoms with van der Waals surface area (Å²) in [6.07, 6.45) is 7.34. The first-order chi connectivity index (χ1) is 10.7. The summed E-state index contributed by atoms with van der Waals surface area (Å²) in [5.74, 6) is 0.0540. The number of nitrogens with zero attached hydrogens (tertiary/aromatic N) is 2. The van der Waals surface area contributed by atoms with Crippen molar-refractivity contribution in [2.45, 2.75) is 6.54 Å². The quantitative estimate of drug-likeness (QED) is 0.495. The van der Waals surface area contributed by atoms with Gasteiger partial charge in [0.2, 0.25) is 12.3 Å². The third kappa shape index (κ3) is 4.47. The highest BCUT2D eigenvalue weighted by Crippen LogP contribution is 2.16. The van der Waals surface area contributed by atoms with Gasteiger partial charge in [0.25, 0.3) is 0 Å². The van der Waals surface area contributed by atoms with E-state index in [2.05, 4.69) is 4.98 Å². The molecule has 0 bridgehead atoms. The lowest BCUT2D eigenvalue weighted by atomic mass is 10.1. The van der Waals surface area contributed by atoms with E-state index in [-0.39, 0.29) is 22.8 Å². The molecule has 5 heteroatoms. The normalized spacial score (nSPS) is 9.96. The Bertz CT molecular complexity index is 774. The van der Waals surface area contributed by atoms with E-state index in [0.29, 0.717) is 17.1 Å². The monoisotopic (exact) mass is 389 g/mol. The SMILES string of the molecule is Br.O=C(C[n+]1ccc(-c2ccncc2)cc1)c1ccc(Cl)cc1. The van der Waals surface area contributed by atoms with Crippen LogP contribution in [0.1, 0.15) is 10.4 Å². The van der Waals surface area contributed by atoms with E-state index in [4.69, 9.17) is 11.6 Å². The molecule has 3 rings (SSSR count). The number of benzene rings is 1. The van der Waals surface area contributed by atoms with Crippen molar-refractivity contribution < 1.29 is 9.36 Å². The van der Waals surface area contributed by atoms with Gasteiger partial charge in [-0.2, -0.15) is 4.57 Å². The zero-order valence-corrected chi connectivity index (χ0v) is 14.7. The molecular weight excluding hydrogens is 376 g/mol. The van der Waals surface area contributed by atoms with Crippen LogP contribution in [0.15, 0.2) is 73.3 Å². The van der Waals surface area contributed by atoms with Crippen LogP contribution in [0.2, 0.25) is 5.02 Å². The molecule has 3 nitrogen and oxygen atoms in total. The Morgan fingerprint density at radius 3 is 2.09 bits per heavy atom. The Kier molecular flexibility index (Phi) is 6.02. The van der Waals surface area contributed by atoms with Crippen molar-refractivity contribution in [3.05, 3.63) is 83.9 Å². The lowest BCUT2D eigenvalue weighted by Gasteiger charge is -2.01. The van der Waals surface area contributed by atoms with Crippen molar-refractivity contribution in [2.75, 3.05) is 0 Å². The van der Waals surface area contributed by atoms with Gasteiger partial charge in [-0.3, -0.25) is 9.78 Å². The molecule has 0 spiro atoms. The predicted molar refractivity (Wildman–Crippen MR) is 96.0 cm³/mol. The van der Waals surface area contributed by atoms with Crippen LogP contribution >= 0.6 is 28.6 Å². The zero-order valence-electron chi connectivity index (χ0n) is 12.2. The maximum absolute atomic E-state index is 12.2. The van der Waals surface area contributed by atoms with E-state index in [9.17, 15) is 4.79 Å². The third-order valence-corrected chi connectivity index (χ3v) is 3.65. The number of rotatable bonds is 4. The van der Waals surface area contributed by atoms with Crippen molar-refractivity contribution in [3.63, 3.8) is 0 Å². The smallest absolute Gasteiger partial charge is 0.227 e. The number of aromatic nitrogens is 2. The highest BCUT2D eigenvalue weighted by molar-refractivity contribution is 8.93. The van der Waals surface area contributed by atoms with E-state index in [0.717, 1.165) is 11.1 Å². The molecule has 0 saturated carbocycles. The van der Waals surface area contributed by atoms with Crippen LogP contribution in [0, 0.1) is 0 Å². The van der Waals surface area contributed by atoms with Crippen LogP contribution in [0.3, 0.4) is 0 Å². The summed E-state index contributed by atoms with van der Waals surface area (Å²) in [6, 6.07) is 14.8. The number of ketones is 1. The average Bonchev–Trinajstić information content (AvgIpc) is 2.57. The van der Waals surface area contributed by atoms with Crippen molar-refractivity contribution in [1.82, 2.24) is 4.98 Å². The second-order valence-electron chi connectivity index (χ2n) is 4.93. The summed E-state index contributed by atoms with van der Waals surface area (Å²) < 4.78 is 1.86. The molecule has 2 aromatic heterocycles. The Morgan fingerprint density at radius 2 is 1.48 bits per heavy atom. The first kappa shape index (κ1) is 17.3. The largest absolute Gasteiger partial charge is 0.287 e. The number of pyridine rings is 2. The molecule has 0 fully saturated rings. The lowest BCUT2D eigenvalue weighted by molar-refractivity contribution is -0.683. The van der Waals surface area contributed by atoms with Crippen LogP contribution in [-0.2, 0) is 6.54 Å². The summed E-state index contributed by atoms with van der Waals surface area (Å²) in [7, 11) is 0. The van der Waals surface area contributed by atoms with Crippen molar-refractivity contribution >= 4 is 34.4 Å². The first-order valence-electron chi connectivity index (χ1n) is 6.91. The fourth-order valence-corrected chi connectivity index (χ4v) is 2.32. The number of halogens is 2. The molecule has 23 heavy (non-hydrogen) atoms. The van der Waals surface area contributed by atoms with Gasteiger partial charge in [0.15, 0.2) is 12.4 Å². The van der Waals surface area contributed by atoms with Gasteiger partial charge in [0.1, 0.15) is 0 Å². The average molecular weight is 391 g/mol. The second kappa shape index (κ2) is 7.99. The molecule has 1 aromatic carbocycles. The van der Waals surface area contributed by atoms with Gasteiger partial charge in [-0.1, -0.05) is 11.6 Å². The van der Waals surface area contributed by atoms with E-state index in [1.165, 1.54) is 0 Å². The maximum atomic E-state index is 12.2. The van der Waals surface area contributed by atoms with Crippen LogP contribution in [0.4, 0.5) is 0 Å². The van der Waals surface area contributed by atoms with E-state index >= 15 is 0 Å². The molecular formula is C18H15BrClN2O+. The van der Waals surface area contributed by atoms with Gasteiger partial charge in [0.05, 0.1) is 0 Å². The number of hydrogen-bond donors (Lipinski definition) is 0. The molecule has 0 N–H and O–H groups in total. The number of carbonyl (C=O) groups excluding carboxylic acids is 1. The maximum Gasteiger partial charge on any atom is 0.227 e. The zero-order chi connectivity index (χ0) is 15.4. The Labute approximate surface area is 150 Å². The number of carbonyl (C=O) groups is 1. The lowest BCUT2D eigenvalue weighted by Crippen LogP contribution is -2.37. The van der Waals surface area contributed by atoms with Crippen LogP contribution in [0.25, 0.3) is 11.1 Å². The molecule has 0 aliphatic carbocycles. The Morgan fingerprint density at radius 1 is 0.913 bits per heavy atom. The fraction of sp³-hybridized carbons (Fsp3) is 0.0556. The molecule has 0 unspecified atom stereocenters. The van der Waals surface area contributed by atoms with Gasteiger partial charge in [0, 0.05) is 35.1 Å². The summed E-state index contributed by atoms with van der Waals surface area (Å²) in [4.78, 5) is 16.2. The first-order valence-corrected chi connectivity index (χ1v) is 7.28. The minimum absolute atomic E-state index is 0. The van der Waals surface area contributed by atoms with Crippen molar-refractivity contribution in [2.24, 2.45) is 0 Å². The minimum atomic E-state index is 0. The standard InChI is InChI=1S/C18H14ClN2O.BrH/c19-17-3-1-16(2-4-17)18(22)13-21-11-7-15(8-12-21)14-5-9-20-10-6-14;/h1-12H,13H2;1H/q+1;. The van der Waals surface area contributed by atoms with E-state index in [1.807, 2.05) is 41.2 Å². The summed E-state index contributed by atoms with van der Waals surface area (Å²) >= 11 is 5.83. The predicted octanol–water partition coefficient (Wildman–Crippen LogP) is 4.15. The molecule has 3 aromatic rings. The molecule has 0 amide bonds. The molecule has 0 atom stereocenters. The van der Waals surface area contributed by atoms with E-state index < -0.39 is 0 Å². The van der Waals surface area contributed by atoms with Crippen LogP contribution < -0.4 is 4.57 Å². The molecule has 0 saturated heterocycles. The fourth-order valence-electron chi connectivity index (χ4n) is 2.19. The molecule has 0 radical (unpaired) electrons. The highest BCUT2D eigenvalue weighted by Gasteiger charge is 2.12. The van der Waals surface area contributed by atoms with Crippen molar-refractivity contribution in [1.29, 1.82) is 0 Å².